The van der Waals surface area contributed by atoms with Gasteiger partial charge in [-0.1, -0.05) is 29.8 Å². The number of aryl methyl sites for hydroxylation is 1. The summed E-state index contributed by atoms with van der Waals surface area (Å²) in [6.07, 6.45) is 0. The van der Waals surface area contributed by atoms with Crippen molar-refractivity contribution in [1.29, 1.82) is 5.26 Å². The standard InChI is InChI=1S/C11H10N4S/c1-7-2-4-8(5-3-7)9-10(16-6-12)11(13)15-14-9/h2-5H,1H3,(H3,13,14,15). The number of benzene rings is 1. The van der Waals surface area contributed by atoms with Crippen LogP contribution in [0.5, 0.6) is 0 Å². The van der Waals surface area contributed by atoms with Gasteiger partial charge < -0.3 is 5.73 Å². The maximum Gasteiger partial charge on any atom is 0.160 e. The number of anilines is 1. The van der Waals surface area contributed by atoms with Crippen LogP contribution < -0.4 is 5.73 Å². The van der Waals surface area contributed by atoms with Crippen molar-refractivity contribution in [3.05, 3.63) is 29.8 Å². The van der Waals surface area contributed by atoms with Gasteiger partial charge in [0.25, 0.3) is 0 Å². The Hall–Kier alpha value is -1.93. The molecule has 0 spiro atoms. The fourth-order valence-corrected chi connectivity index (χ4v) is 1.92. The van der Waals surface area contributed by atoms with Crippen LogP contribution in [0.4, 0.5) is 5.82 Å². The van der Waals surface area contributed by atoms with Gasteiger partial charge in [-0.25, -0.2) is 0 Å². The molecule has 3 N–H and O–H groups in total. The minimum absolute atomic E-state index is 0.363. The molecule has 80 valence electrons. The Labute approximate surface area is 97.5 Å². The summed E-state index contributed by atoms with van der Waals surface area (Å²) in [5, 5.41) is 17.5. The summed E-state index contributed by atoms with van der Waals surface area (Å²) >= 11 is 1.02. The van der Waals surface area contributed by atoms with Gasteiger partial charge in [-0.3, -0.25) is 5.10 Å². The summed E-state index contributed by atoms with van der Waals surface area (Å²) in [7, 11) is 0. The second-order valence-corrected chi connectivity index (χ2v) is 4.17. The van der Waals surface area contributed by atoms with E-state index in [2.05, 4.69) is 10.2 Å². The normalized spacial score (nSPS) is 10.0. The number of aromatic nitrogens is 2. The molecule has 0 unspecified atom stereocenters. The predicted octanol–water partition coefficient (Wildman–Crippen LogP) is 2.54. The minimum Gasteiger partial charge on any atom is -0.381 e. The van der Waals surface area contributed by atoms with E-state index in [9.17, 15) is 0 Å². The zero-order chi connectivity index (χ0) is 11.5. The van der Waals surface area contributed by atoms with Crippen molar-refractivity contribution in [3.63, 3.8) is 0 Å². The number of aromatic amines is 1. The van der Waals surface area contributed by atoms with E-state index in [0.29, 0.717) is 10.7 Å². The summed E-state index contributed by atoms with van der Waals surface area (Å²) in [5.74, 6) is 0.363. The summed E-state index contributed by atoms with van der Waals surface area (Å²) in [6, 6.07) is 7.97. The SMILES string of the molecule is Cc1ccc(-c2[nH]nc(N)c2SC#N)cc1. The number of nitrogen functional groups attached to an aromatic ring is 1. The van der Waals surface area contributed by atoms with Crippen molar-refractivity contribution in [2.45, 2.75) is 11.8 Å². The fourth-order valence-electron chi connectivity index (χ4n) is 1.41. The number of hydrogen-bond acceptors (Lipinski definition) is 4. The summed E-state index contributed by atoms with van der Waals surface area (Å²) in [4.78, 5) is 0.686. The van der Waals surface area contributed by atoms with Gasteiger partial charge in [-0.05, 0) is 18.7 Å². The molecule has 5 heteroatoms. The minimum atomic E-state index is 0.363. The van der Waals surface area contributed by atoms with Crippen LogP contribution in [0, 0.1) is 17.6 Å². The van der Waals surface area contributed by atoms with Crippen LogP contribution >= 0.6 is 11.8 Å². The van der Waals surface area contributed by atoms with Crippen molar-refractivity contribution in [2.24, 2.45) is 0 Å². The molecule has 2 rings (SSSR count). The summed E-state index contributed by atoms with van der Waals surface area (Å²) in [6.45, 7) is 2.02. The van der Waals surface area contributed by atoms with E-state index < -0.39 is 0 Å². The van der Waals surface area contributed by atoms with Gasteiger partial charge in [0, 0.05) is 5.56 Å². The molecule has 4 nitrogen and oxygen atoms in total. The number of nitrogens with one attached hydrogen (secondary N) is 1. The zero-order valence-corrected chi connectivity index (χ0v) is 9.51. The average Bonchev–Trinajstić information content (AvgIpc) is 2.63. The highest BCUT2D eigenvalue weighted by molar-refractivity contribution is 8.04. The lowest BCUT2D eigenvalue weighted by atomic mass is 10.1. The first-order valence-corrected chi connectivity index (χ1v) is 5.51. The van der Waals surface area contributed by atoms with Crippen LogP contribution in [0.3, 0.4) is 0 Å². The number of hydrogen-bond donors (Lipinski definition) is 2. The molecule has 0 saturated heterocycles. The van der Waals surface area contributed by atoms with E-state index in [1.807, 2.05) is 36.6 Å². The predicted molar refractivity (Wildman–Crippen MR) is 64.6 cm³/mol. The molecule has 0 fully saturated rings. The molecule has 0 atom stereocenters. The van der Waals surface area contributed by atoms with Gasteiger partial charge in [0.1, 0.15) is 5.40 Å². The summed E-state index contributed by atoms with van der Waals surface area (Å²) < 4.78 is 0. The Morgan fingerprint density at radius 1 is 1.38 bits per heavy atom. The van der Waals surface area contributed by atoms with Gasteiger partial charge in [0.05, 0.1) is 10.6 Å². The third kappa shape index (κ3) is 1.88. The van der Waals surface area contributed by atoms with Gasteiger partial charge in [0.15, 0.2) is 5.82 Å². The van der Waals surface area contributed by atoms with Crippen LogP contribution in [-0.2, 0) is 0 Å². The molecule has 0 aliphatic carbocycles. The molecule has 0 radical (unpaired) electrons. The Morgan fingerprint density at radius 2 is 2.06 bits per heavy atom. The Bertz CT molecular complexity index is 536. The van der Waals surface area contributed by atoms with E-state index in [0.717, 1.165) is 23.0 Å². The molecule has 0 saturated carbocycles. The van der Waals surface area contributed by atoms with Crippen LogP contribution in [-0.4, -0.2) is 10.2 Å². The third-order valence-electron chi connectivity index (χ3n) is 2.24. The van der Waals surface area contributed by atoms with Gasteiger partial charge in [-0.15, -0.1) is 0 Å². The monoisotopic (exact) mass is 230 g/mol. The molecular formula is C11H10N4S. The van der Waals surface area contributed by atoms with E-state index in [4.69, 9.17) is 11.0 Å². The Morgan fingerprint density at radius 3 is 2.69 bits per heavy atom. The lowest BCUT2D eigenvalue weighted by Crippen LogP contribution is -1.85. The molecular weight excluding hydrogens is 220 g/mol. The molecule has 0 aliphatic heterocycles. The Kier molecular flexibility index (Phi) is 2.84. The smallest absolute Gasteiger partial charge is 0.160 e. The highest BCUT2D eigenvalue weighted by Gasteiger charge is 2.12. The third-order valence-corrected chi connectivity index (χ3v) is 2.94. The molecule has 16 heavy (non-hydrogen) atoms. The largest absolute Gasteiger partial charge is 0.381 e. The molecule has 0 aliphatic rings. The number of rotatable bonds is 2. The Balaban J connectivity index is 2.48. The van der Waals surface area contributed by atoms with Gasteiger partial charge in [-0.2, -0.15) is 10.4 Å². The molecule has 1 heterocycles. The van der Waals surface area contributed by atoms with Crippen molar-refractivity contribution in [1.82, 2.24) is 10.2 Å². The highest BCUT2D eigenvalue weighted by Crippen LogP contribution is 2.33. The van der Waals surface area contributed by atoms with Crippen LogP contribution in [0.15, 0.2) is 29.2 Å². The first-order chi connectivity index (χ1) is 7.72. The molecule has 2 aromatic rings. The average molecular weight is 230 g/mol. The first-order valence-electron chi connectivity index (χ1n) is 4.69. The highest BCUT2D eigenvalue weighted by atomic mass is 32.2. The second kappa shape index (κ2) is 4.29. The van der Waals surface area contributed by atoms with Gasteiger partial charge in [0.2, 0.25) is 0 Å². The lowest BCUT2D eigenvalue weighted by Gasteiger charge is -2.00. The van der Waals surface area contributed by atoms with Crippen molar-refractivity contribution in [3.8, 4) is 16.7 Å². The van der Waals surface area contributed by atoms with Gasteiger partial charge >= 0.3 is 0 Å². The second-order valence-electron chi connectivity index (χ2n) is 3.37. The maximum atomic E-state index is 8.69. The molecule has 1 aromatic heterocycles. The topological polar surface area (TPSA) is 78.5 Å². The van der Waals surface area contributed by atoms with E-state index in [-0.39, 0.29) is 0 Å². The van der Waals surface area contributed by atoms with E-state index in [1.165, 1.54) is 5.56 Å². The van der Waals surface area contributed by atoms with Crippen LogP contribution in [0.25, 0.3) is 11.3 Å². The number of thiocyanates is 1. The van der Waals surface area contributed by atoms with E-state index in [1.54, 1.807) is 0 Å². The number of H-pyrrole nitrogens is 1. The van der Waals surface area contributed by atoms with Crippen molar-refractivity contribution in [2.75, 3.05) is 5.73 Å². The quantitative estimate of drug-likeness (QED) is 0.613. The number of nitriles is 1. The first kappa shape index (κ1) is 10.6. The van der Waals surface area contributed by atoms with Crippen LogP contribution in [0.2, 0.25) is 0 Å². The van der Waals surface area contributed by atoms with E-state index >= 15 is 0 Å². The molecule has 0 amide bonds. The number of nitrogens with two attached hydrogens (primary N) is 1. The van der Waals surface area contributed by atoms with Crippen molar-refractivity contribution < 1.29 is 0 Å². The number of nitrogens with zero attached hydrogens (tertiary/aromatic N) is 2. The molecule has 0 bridgehead atoms. The summed E-state index contributed by atoms with van der Waals surface area (Å²) in [5.41, 5.74) is 8.64. The zero-order valence-electron chi connectivity index (χ0n) is 8.69. The molecule has 1 aromatic carbocycles. The van der Waals surface area contributed by atoms with Crippen LogP contribution in [0.1, 0.15) is 5.56 Å². The van der Waals surface area contributed by atoms with Crippen molar-refractivity contribution >= 4 is 17.6 Å². The maximum absolute atomic E-state index is 8.69. The number of thioether (sulfide) groups is 1. The lowest BCUT2D eigenvalue weighted by molar-refractivity contribution is 1.10. The fraction of sp³-hybridized carbons (Fsp3) is 0.0909.